The van der Waals surface area contributed by atoms with E-state index >= 15 is 0 Å². The summed E-state index contributed by atoms with van der Waals surface area (Å²) >= 11 is 0. The fourth-order valence-electron chi connectivity index (χ4n) is 4.24. The summed E-state index contributed by atoms with van der Waals surface area (Å²) in [5, 5.41) is 18.5. The summed E-state index contributed by atoms with van der Waals surface area (Å²) in [6.45, 7) is 10.9. The Kier molecular flexibility index (Phi) is 8.77. The van der Waals surface area contributed by atoms with Gasteiger partial charge in [0.25, 0.3) is 5.56 Å². The SMILES string of the molecule is C=CCn1c(=O)c2cnc(Nc3ccc(N4CC[N-]CC4)cc3)nc2n1-c1cccc(C(C)(C)O)n1.[Rb+]. The van der Waals surface area contributed by atoms with Gasteiger partial charge in [-0.1, -0.05) is 12.1 Å². The van der Waals surface area contributed by atoms with E-state index in [1.54, 1.807) is 42.8 Å². The minimum atomic E-state index is -1.14. The van der Waals surface area contributed by atoms with Crippen molar-refractivity contribution in [3.8, 4) is 5.82 Å². The number of allylic oxidation sites excluding steroid dienone is 1. The first-order valence-corrected chi connectivity index (χ1v) is 11.9. The van der Waals surface area contributed by atoms with Gasteiger partial charge >= 0.3 is 58.2 Å². The van der Waals surface area contributed by atoms with E-state index in [0.717, 1.165) is 37.6 Å². The van der Waals surface area contributed by atoms with E-state index in [4.69, 9.17) is 0 Å². The second-order valence-corrected chi connectivity index (χ2v) is 9.19. The molecule has 4 aromatic rings. The molecule has 0 bridgehead atoms. The van der Waals surface area contributed by atoms with Gasteiger partial charge in [-0.2, -0.15) is 4.98 Å². The molecule has 1 aliphatic heterocycles. The van der Waals surface area contributed by atoms with Crippen molar-refractivity contribution in [1.29, 1.82) is 0 Å². The zero-order chi connectivity index (χ0) is 25.3. The molecule has 4 heterocycles. The van der Waals surface area contributed by atoms with Gasteiger partial charge in [-0.05, 0) is 63.3 Å². The summed E-state index contributed by atoms with van der Waals surface area (Å²) < 4.78 is 3.15. The Labute approximate surface area is 264 Å². The third kappa shape index (κ3) is 5.94. The first kappa shape index (κ1) is 27.8. The van der Waals surface area contributed by atoms with Crippen molar-refractivity contribution in [2.75, 3.05) is 36.4 Å². The maximum absolute atomic E-state index is 13.2. The van der Waals surface area contributed by atoms with Crippen LogP contribution in [0.25, 0.3) is 22.2 Å². The Morgan fingerprint density at radius 3 is 2.54 bits per heavy atom. The predicted molar refractivity (Wildman–Crippen MR) is 141 cm³/mol. The van der Waals surface area contributed by atoms with E-state index in [-0.39, 0.29) is 70.3 Å². The largest absolute Gasteiger partial charge is 1.00 e. The van der Waals surface area contributed by atoms with Crippen LogP contribution in [0.1, 0.15) is 19.5 Å². The fraction of sp³-hybridized carbons (Fsp3) is 0.308. The van der Waals surface area contributed by atoms with Gasteiger partial charge in [-0.3, -0.25) is 4.79 Å². The molecule has 1 saturated heterocycles. The second-order valence-electron chi connectivity index (χ2n) is 9.19. The molecule has 1 aliphatic rings. The van der Waals surface area contributed by atoms with Crippen LogP contribution in [0.5, 0.6) is 0 Å². The van der Waals surface area contributed by atoms with Crippen LogP contribution in [0.3, 0.4) is 0 Å². The van der Waals surface area contributed by atoms with Crippen molar-refractivity contribution in [1.82, 2.24) is 24.3 Å². The molecule has 5 rings (SSSR count). The molecule has 0 atom stereocenters. The number of aliphatic hydroxyl groups is 1. The quantitative estimate of drug-likeness (QED) is 0.308. The van der Waals surface area contributed by atoms with E-state index in [0.29, 0.717) is 28.5 Å². The van der Waals surface area contributed by atoms with Crippen LogP contribution in [-0.2, 0) is 12.1 Å². The van der Waals surface area contributed by atoms with Gasteiger partial charge < -0.3 is 20.6 Å². The summed E-state index contributed by atoms with van der Waals surface area (Å²) in [6, 6.07) is 13.4. The molecular formula is C26H29N8O2Rb. The Morgan fingerprint density at radius 2 is 1.86 bits per heavy atom. The molecule has 2 N–H and O–H groups in total. The van der Waals surface area contributed by atoms with Crippen molar-refractivity contribution < 1.29 is 63.3 Å². The number of benzene rings is 1. The number of pyridine rings is 1. The average molecular weight is 571 g/mol. The number of nitrogens with zero attached hydrogens (tertiary/aromatic N) is 7. The standard InChI is InChI=1S/C26H29N8O2.Rb/c1-4-14-33-24(35)20-17-28-25(29-18-8-10-19(11-9-18)32-15-12-27-13-16-32)31-23(20)34(33)22-7-5-6-21(30-22)26(2,3)36;/h4-11,17,36H,1,12-16H2,2-3H3,(H,28,29,31);/q-1;+1. The maximum atomic E-state index is 13.2. The normalized spacial score (nSPS) is 13.9. The van der Waals surface area contributed by atoms with Gasteiger partial charge in [0.1, 0.15) is 11.0 Å². The Morgan fingerprint density at radius 1 is 1.14 bits per heavy atom. The number of rotatable bonds is 7. The van der Waals surface area contributed by atoms with Gasteiger partial charge in [0.05, 0.1) is 12.2 Å². The molecular weight excluding hydrogens is 542 g/mol. The Bertz CT molecular complexity index is 1450. The molecule has 0 aliphatic carbocycles. The number of piperazine rings is 1. The minimum Gasteiger partial charge on any atom is -0.659 e. The van der Waals surface area contributed by atoms with E-state index in [2.05, 4.69) is 49.2 Å². The number of fused-ring (bicyclic) bond motifs is 1. The zero-order valence-electron chi connectivity index (χ0n) is 21.4. The monoisotopic (exact) mass is 570 g/mol. The number of aromatic nitrogens is 5. The molecule has 37 heavy (non-hydrogen) atoms. The Hall–Kier alpha value is -2.21. The molecule has 1 aromatic carbocycles. The van der Waals surface area contributed by atoms with Crippen LogP contribution in [0, 0.1) is 0 Å². The summed E-state index contributed by atoms with van der Waals surface area (Å²) in [6.07, 6.45) is 3.16. The molecule has 0 spiro atoms. The number of hydrogen-bond donors (Lipinski definition) is 2. The van der Waals surface area contributed by atoms with Gasteiger partial charge in [-0.25, -0.2) is 19.3 Å². The van der Waals surface area contributed by atoms with E-state index in [9.17, 15) is 9.90 Å². The smallest absolute Gasteiger partial charge is 0.659 e. The number of anilines is 3. The van der Waals surface area contributed by atoms with Crippen LogP contribution in [0.4, 0.5) is 17.3 Å². The predicted octanol–water partition coefficient (Wildman–Crippen LogP) is 0.332. The van der Waals surface area contributed by atoms with Crippen LogP contribution in [0.15, 0.2) is 66.1 Å². The van der Waals surface area contributed by atoms with Crippen LogP contribution >= 0.6 is 0 Å². The second kappa shape index (κ2) is 11.7. The van der Waals surface area contributed by atoms with E-state index in [1.807, 2.05) is 12.1 Å². The summed E-state index contributed by atoms with van der Waals surface area (Å²) in [5.41, 5.74) is 1.49. The Balaban J connectivity index is 0.00000320. The first-order valence-electron chi connectivity index (χ1n) is 11.9. The molecule has 0 saturated carbocycles. The minimum absolute atomic E-state index is 0. The van der Waals surface area contributed by atoms with Gasteiger partial charge in [0.2, 0.25) is 5.95 Å². The third-order valence-corrected chi connectivity index (χ3v) is 6.10. The van der Waals surface area contributed by atoms with Gasteiger partial charge in [0.15, 0.2) is 11.5 Å². The van der Waals surface area contributed by atoms with Crippen LogP contribution < -0.4 is 74.0 Å². The average Bonchev–Trinajstić information content (AvgIpc) is 3.15. The summed E-state index contributed by atoms with van der Waals surface area (Å²) in [7, 11) is 0. The first-order chi connectivity index (χ1) is 17.3. The molecule has 3 aromatic heterocycles. The molecule has 0 unspecified atom stereocenters. The van der Waals surface area contributed by atoms with Crippen molar-refractivity contribution in [3.63, 3.8) is 0 Å². The zero-order valence-corrected chi connectivity index (χ0v) is 26.3. The molecule has 0 amide bonds. The van der Waals surface area contributed by atoms with Crippen molar-refractivity contribution >= 4 is 28.4 Å². The number of nitrogens with one attached hydrogen (secondary N) is 1. The van der Waals surface area contributed by atoms with Gasteiger partial charge in [0, 0.05) is 17.6 Å². The van der Waals surface area contributed by atoms with Crippen molar-refractivity contribution in [3.05, 3.63) is 82.7 Å². The maximum Gasteiger partial charge on any atom is 1.00 e. The topological polar surface area (TPSA) is 115 Å². The van der Waals surface area contributed by atoms with Crippen molar-refractivity contribution in [2.45, 2.75) is 26.0 Å². The van der Waals surface area contributed by atoms with Crippen LogP contribution in [-0.4, -0.2) is 55.6 Å². The van der Waals surface area contributed by atoms with Crippen LogP contribution in [0.2, 0.25) is 0 Å². The van der Waals surface area contributed by atoms with E-state index in [1.165, 1.54) is 10.9 Å². The molecule has 186 valence electrons. The van der Waals surface area contributed by atoms with E-state index < -0.39 is 5.60 Å². The third-order valence-electron chi connectivity index (χ3n) is 6.10. The van der Waals surface area contributed by atoms with Crippen molar-refractivity contribution in [2.24, 2.45) is 0 Å². The molecule has 1 fully saturated rings. The summed E-state index contributed by atoms with van der Waals surface area (Å²) in [4.78, 5) is 29.1. The molecule has 10 nitrogen and oxygen atoms in total. The van der Waals surface area contributed by atoms with Gasteiger partial charge in [-0.15, -0.1) is 19.7 Å². The molecule has 0 radical (unpaired) electrons. The summed E-state index contributed by atoms with van der Waals surface area (Å²) in [5.74, 6) is 0.820. The molecule has 11 heteroatoms. The number of hydrogen-bond acceptors (Lipinski definition) is 7. The fourth-order valence-corrected chi connectivity index (χ4v) is 4.24.